The summed E-state index contributed by atoms with van der Waals surface area (Å²) in [4.78, 5) is 15.9. The third-order valence-corrected chi connectivity index (χ3v) is 3.58. The summed E-state index contributed by atoms with van der Waals surface area (Å²) in [5.41, 5.74) is 2.08. The van der Waals surface area contributed by atoms with Gasteiger partial charge >= 0.3 is 0 Å². The van der Waals surface area contributed by atoms with Crippen molar-refractivity contribution >= 4 is 15.9 Å². The number of rotatable bonds is 3. The van der Waals surface area contributed by atoms with E-state index in [1.165, 1.54) is 12.1 Å². The van der Waals surface area contributed by atoms with Gasteiger partial charge in [0.15, 0.2) is 0 Å². The summed E-state index contributed by atoms with van der Waals surface area (Å²) in [5.74, 6) is -0.487. The fourth-order valence-corrected chi connectivity index (χ4v) is 2.49. The van der Waals surface area contributed by atoms with Gasteiger partial charge < -0.3 is 0 Å². The largest absolute Gasteiger partial charge is 0.271 e. The number of carbonyl (C=O) groups is 1. The molecule has 6 nitrogen and oxygen atoms in total. The maximum Gasteiger partial charge on any atom is 0.264 e. The van der Waals surface area contributed by atoms with E-state index in [4.69, 9.17) is 0 Å². The second kappa shape index (κ2) is 4.20. The van der Waals surface area contributed by atoms with E-state index in [-0.39, 0.29) is 11.5 Å². The summed E-state index contributed by atoms with van der Waals surface area (Å²) in [6.07, 6.45) is 0. The molecule has 1 aromatic carbocycles. The quantitative estimate of drug-likeness (QED) is 0.741. The molecule has 16 heavy (non-hydrogen) atoms. The van der Waals surface area contributed by atoms with Crippen LogP contribution in [0.5, 0.6) is 0 Å². The highest BCUT2D eigenvalue weighted by Crippen LogP contribution is 2.09. The highest BCUT2D eigenvalue weighted by atomic mass is 32.2. The average Bonchev–Trinajstić information content (AvgIpc) is 2.65. The van der Waals surface area contributed by atoms with Crippen molar-refractivity contribution < 1.29 is 18.0 Å². The molecular weight excluding hydrogens is 232 g/mol. The highest BCUT2D eigenvalue weighted by Gasteiger charge is 2.30. The Balaban J connectivity index is 2.18. The maximum absolute atomic E-state index is 11.8. The van der Waals surface area contributed by atoms with Gasteiger partial charge in [-0.05, 0) is 12.1 Å². The number of benzene rings is 1. The molecule has 2 N–H and O–H groups in total. The van der Waals surface area contributed by atoms with Crippen molar-refractivity contribution in [2.75, 3.05) is 6.61 Å². The Labute approximate surface area is 92.6 Å². The van der Waals surface area contributed by atoms with Gasteiger partial charge in [-0.2, -0.15) is 4.72 Å². The maximum atomic E-state index is 11.8. The number of sulfonamides is 1. The normalized spacial score (nSPS) is 20.8. The van der Waals surface area contributed by atoms with Crippen LogP contribution in [0.4, 0.5) is 0 Å². The number of nitrogens with one attached hydrogen (secondary N) is 2. The van der Waals surface area contributed by atoms with E-state index < -0.39 is 22.0 Å². The SMILES string of the molecule is O=C1NOC[C@@H]1NS(=O)(=O)c1ccccc1. The molecule has 0 aliphatic carbocycles. The minimum atomic E-state index is -3.67. The van der Waals surface area contributed by atoms with Crippen molar-refractivity contribution in [3.63, 3.8) is 0 Å². The van der Waals surface area contributed by atoms with Gasteiger partial charge in [0, 0.05) is 0 Å². The molecule has 1 aromatic rings. The Morgan fingerprint density at radius 3 is 2.56 bits per heavy atom. The van der Waals surface area contributed by atoms with E-state index in [1.54, 1.807) is 18.2 Å². The first-order chi connectivity index (χ1) is 7.59. The molecule has 1 saturated heterocycles. The van der Waals surface area contributed by atoms with Gasteiger partial charge in [-0.15, -0.1) is 0 Å². The molecule has 0 unspecified atom stereocenters. The molecule has 7 heteroatoms. The van der Waals surface area contributed by atoms with Gasteiger partial charge in [-0.1, -0.05) is 18.2 Å². The second-order valence-electron chi connectivity index (χ2n) is 3.26. The Morgan fingerprint density at radius 2 is 2.00 bits per heavy atom. The Bertz CT molecular complexity index is 485. The van der Waals surface area contributed by atoms with Gasteiger partial charge in [0.2, 0.25) is 10.0 Å². The second-order valence-corrected chi connectivity index (χ2v) is 4.98. The number of hydrogen-bond acceptors (Lipinski definition) is 4. The lowest BCUT2D eigenvalue weighted by molar-refractivity contribution is -0.124. The van der Waals surface area contributed by atoms with E-state index in [1.807, 2.05) is 0 Å². The van der Waals surface area contributed by atoms with Crippen molar-refractivity contribution in [1.82, 2.24) is 10.2 Å². The number of hydrogen-bond donors (Lipinski definition) is 2. The monoisotopic (exact) mass is 242 g/mol. The lowest BCUT2D eigenvalue weighted by Crippen LogP contribution is -2.41. The van der Waals surface area contributed by atoms with Gasteiger partial charge in [0.25, 0.3) is 5.91 Å². The third-order valence-electron chi connectivity index (χ3n) is 2.09. The first-order valence-corrected chi connectivity index (χ1v) is 6.07. The van der Waals surface area contributed by atoms with Crippen molar-refractivity contribution in [3.8, 4) is 0 Å². The number of carbonyl (C=O) groups excluding carboxylic acids is 1. The number of hydroxylamine groups is 1. The van der Waals surface area contributed by atoms with E-state index >= 15 is 0 Å². The first kappa shape index (κ1) is 11.1. The lowest BCUT2D eigenvalue weighted by atomic mass is 10.3. The lowest BCUT2D eigenvalue weighted by Gasteiger charge is -2.08. The molecule has 1 atom stereocenters. The van der Waals surface area contributed by atoms with Crippen LogP contribution < -0.4 is 10.2 Å². The van der Waals surface area contributed by atoms with Crippen molar-refractivity contribution in [3.05, 3.63) is 30.3 Å². The highest BCUT2D eigenvalue weighted by molar-refractivity contribution is 7.89. The predicted octanol–water partition coefficient (Wildman–Crippen LogP) is -0.605. The summed E-state index contributed by atoms with van der Waals surface area (Å²) in [7, 11) is -3.67. The Kier molecular flexibility index (Phi) is 2.90. The summed E-state index contributed by atoms with van der Waals surface area (Å²) in [5, 5.41) is 0. The molecule has 0 saturated carbocycles. The smallest absolute Gasteiger partial charge is 0.264 e. The number of amides is 1. The molecule has 86 valence electrons. The summed E-state index contributed by atoms with van der Waals surface area (Å²) in [6, 6.07) is 6.97. The van der Waals surface area contributed by atoms with Gasteiger partial charge in [0.1, 0.15) is 12.6 Å². The minimum Gasteiger partial charge on any atom is -0.271 e. The molecule has 1 heterocycles. The van der Waals surface area contributed by atoms with Crippen molar-refractivity contribution in [2.45, 2.75) is 10.9 Å². The first-order valence-electron chi connectivity index (χ1n) is 4.58. The zero-order valence-electron chi connectivity index (χ0n) is 8.21. The fourth-order valence-electron chi connectivity index (χ4n) is 1.29. The van der Waals surface area contributed by atoms with Gasteiger partial charge in [-0.25, -0.2) is 13.9 Å². The predicted molar refractivity (Wildman–Crippen MR) is 54.6 cm³/mol. The van der Waals surface area contributed by atoms with Crippen LogP contribution in [0.1, 0.15) is 0 Å². The summed E-state index contributed by atoms with van der Waals surface area (Å²) >= 11 is 0. The molecular formula is C9H10N2O4S. The molecule has 2 rings (SSSR count). The summed E-state index contributed by atoms with van der Waals surface area (Å²) < 4.78 is 25.8. The van der Waals surface area contributed by atoms with Crippen molar-refractivity contribution in [2.24, 2.45) is 0 Å². The molecule has 1 aliphatic heterocycles. The van der Waals surface area contributed by atoms with Crippen LogP contribution in [0.15, 0.2) is 35.2 Å². The average molecular weight is 242 g/mol. The molecule has 0 radical (unpaired) electrons. The van der Waals surface area contributed by atoms with Gasteiger partial charge in [0.05, 0.1) is 4.90 Å². The van der Waals surface area contributed by atoms with Crippen LogP contribution in [0.25, 0.3) is 0 Å². The van der Waals surface area contributed by atoms with Crippen LogP contribution in [0, 0.1) is 0 Å². The topological polar surface area (TPSA) is 84.5 Å². The van der Waals surface area contributed by atoms with E-state index in [0.717, 1.165) is 0 Å². The fraction of sp³-hybridized carbons (Fsp3) is 0.222. The van der Waals surface area contributed by atoms with Gasteiger partial charge in [-0.3, -0.25) is 9.63 Å². The van der Waals surface area contributed by atoms with E-state index in [2.05, 4.69) is 15.0 Å². The minimum absolute atomic E-state index is 0.00903. The van der Waals surface area contributed by atoms with Crippen LogP contribution in [0.2, 0.25) is 0 Å². The molecule has 1 amide bonds. The molecule has 0 bridgehead atoms. The molecule has 1 aliphatic rings. The summed E-state index contributed by atoms with van der Waals surface area (Å²) in [6.45, 7) is -0.00903. The van der Waals surface area contributed by atoms with Crippen LogP contribution >= 0.6 is 0 Å². The van der Waals surface area contributed by atoms with Crippen LogP contribution in [0.3, 0.4) is 0 Å². The molecule has 1 fully saturated rings. The Morgan fingerprint density at radius 1 is 1.31 bits per heavy atom. The molecule has 0 spiro atoms. The van der Waals surface area contributed by atoms with Crippen LogP contribution in [-0.4, -0.2) is 27.0 Å². The van der Waals surface area contributed by atoms with Crippen molar-refractivity contribution in [1.29, 1.82) is 0 Å². The zero-order valence-corrected chi connectivity index (χ0v) is 9.03. The molecule has 0 aromatic heterocycles. The van der Waals surface area contributed by atoms with E-state index in [9.17, 15) is 13.2 Å². The third kappa shape index (κ3) is 2.21. The van der Waals surface area contributed by atoms with E-state index in [0.29, 0.717) is 0 Å². The van der Waals surface area contributed by atoms with Crippen LogP contribution in [-0.2, 0) is 19.7 Å². The zero-order chi connectivity index (χ0) is 11.6. The Hall–Kier alpha value is -1.44. The standard InChI is InChI=1S/C9H10N2O4S/c12-9-8(6-15-10-9)11-16(13,14)7-4-2-1-3-5-7/h1-5,8,11H,6H2,(H,10,12)/t8-/m0/s1.